The molecule has 0 saturated heterocycles. The van der Waals surface area contributed by atoms with Crippen molar-refractivity contribution < 1.29 is 9.53 Å². The predicted octanol–water partition coefficient (Wildman–Crippen LogP) is 5.02. The second-order valence-electron chi connectivity index (χ2n) is 3.81. The van der Waals surface area contributed by atoms with Crippen LogP contribution in [0.2, 0.25) is 5.02 Å². The quantitative estimate of drug-likeness (QED) is 0.741. The number of ether oxygens (including phenoxy) is 1. The highest BCUT2D eigenvalue weighted by molar-refractivity contribution is 9.10. The number of aryl methyl sites for hydroxylation is 1. The number of hydrogen-bond donors (Lipinski definition) is 0. The van der Waals surface area contributed by atoms with Gasteiger partial charge in [0.1, 0.15) is 11.5 Å². The van der Waals surface area contributed by atoms with E-state index >= 15 is 0 Å². The lowest BCUT2D eigenvalue weighted by Crippen LogP contribution is -1.88. The van der Waals surface area contributed by atoms with Crippen LogP contribution in [-0.2, 0) is 0 Å². The van der Waals surface area contributed by atoms with Crippen LogP contribution < -0.4 is 4.74 Å². The fourth-order valence-electron chi connectivity index (χ4n) is 1.48. The molecular weight excluding hydrogens is 316 g/mol. The van der Waals surface area contributed by atoms with Crippen molar-refractivity contribution in [3.05, 3.63) is 57.0 Å². The third-order valence-electron chi connectivity index (χ3n) is 2.46. The van der Waals surface area contributed by atoms with Crippen LogP contribution in [-0.4, -0.2) is 6.29 Å². The summed E-state index contributed by atoms with van der Waals surface area (Å²) >= 11 is 9.26. The molecule has 18 heavy (non-hydrogen) atoms. The van der Waals surface area contributed by atoms with E-state index in [9.17, 15) is 4.79 Å². The van der Waals surface area contributed by atoms with Crippen molar-refractivity contribution in [2.45, 2.75) is 6.92 Å². The Labute approximate surface area is 119 Å². The molecular formula is C14H10BrClO2. The van der Waals surface area contributed by atoms with Gasteiger partial charge in [0, 0.05) is 15.1 Å². The van der Waals surface area contributed by atoms with Gasteiger partial charge in [0.2, 0.25) is 0 Å². The fourth-order valence-corrected chi connectivity index (χ4v) is 2.05. The van der Waals surface area contributed by atoms with E-state index in [1.165, 1.54) is 0 Å². The standard InChI is InChI=1S/C14H10BrClO2/c1-9-6-11(4-5-14(9)16)18-12-3-2-10(8-17)13(15)7-12/h2-8H,1H3. The first-order chi connectivity index (χ1) is 8.60. The van der Waals surface area contributed by atoms with E-state index in [0.717, 1.165) is 11.8 Å². The first kappa shape index (κ1) is 13.1. The molecule has 4 heteroatoms. The zero-order chi connectivity index (χ0) is 13.1. The second kappa shape index (κ2) is 5.55. The van der Waals surface area contributed by atoms with Crippen LogP contribution in [0.3, 0.4) is 0 Å². The first-order valence-corrected chi connectivity index (χ1v) is 6.46. The van der Waals surface area contributed by atoms with Gasteiger partial charge >= 0.3 is 0 Å². The van der Waals surface area contributed by atoms with Crippen LogP contribution in [0.25, 0.3) is 0 Å². The van der Waals surface area contributed by atoms with E-state index in [4.69, 9.17) is 16.3 Å². The monoisotopic (exact) mass is 324 g/mol. The van der Waals surface area contributed by atoms with Gasteiger partial charge in [-0.2, -0.15) is 0 Å². The zero-order valence-corrected chi connectivity index (χ0v) is 12.0. The fraction of sp³-hybridized carbons (Fsp3) is 0.0714. The van der Waals surface area contributed by atoms with Gasteiger partial charge in [-0.15, -0.1) is 0 Å². The molecule has 2 nitrogen and oxygen atoms in total. The summed E-state index contributed by atoms with van der Waals surface area (Å²) in [5.41, 5.74) is 1.55. The predicted molar refractivity (Wildman–Crippen MR) is 75.8 cm³/mol. The third-order valence-corrected chi connectivity index (χ3v) is 3.57. The molecule has 0 aliphatic heterocycles. The topological polar surface area (TPSA) is 26.3 Å². The molecule has 0 heterocycles. The number of hydrogen-bond acceptors (Lipinski definition) is 2. The molecule has 0 aromatic heterocycles. The van der Waals surface area contributed by atoms with Crippen LogP contribution in [0.4, 0.5) is 0 Å². The van der Waals surface area contributed by atoms with Crippen molar-refractivity contribution in [3.63, 3.8) is 0 Å². The molecule has 0 radical (unpaired) electrons. The average Bonchev–Trinajstić information content (AvgIpc) is 2.34. The number of carbonyl (C=O) groups excluding carboxylic acids is 1. The molecule has 0 fully saturated rings. The summed E-state index contributed by atoms with van der Waals surface area (Å²) < 4.78 is 6.40. The van der Waals surface area contributed by atoms with Crippen molar-refractivity contribution in [3.8, 4) is 11.5 Å². The minimum atomic E-state index is 0.592. The Balaban J connectivity index is 2.25. The van der Waals surface area contributed by atoms with Gasteiger partial charge < -0.3 is 4.74 Å². The lowest BCUT2D eigenvalue weighted by molar-refractivity contribution is 0.112. The normalized spacial score (nSPS) is 10.2. The molecule has 0 bridgehead atoms. The Morgan fingerprint density at radius 3 is 2.44 bits per heavy atom. The maximum Gasteiger partial charge on any atom is 0.151 e. The Kier molecular flexibility index (Phi) is 4.04. The molecule has 2 rings (SSSR count). The van der Waals surface area contributed by atoms with Gasteiger partial charge in [-0.05, 0) is 64.8 Å². The van der Waals surface area contributed by atoms with Gasteiger partial charge in [-0.3, -0.25) is 4.79 Å². The number of halogens is 2. The first-order valence-electron chi connectivity index (χ1n) is 5.29. The second-order valence-corrected chi connectivity index (χ2v) is 5.08. The van der Waals surface area contributed by atoms with Crippen LogP contribution in [0.1, 0.15) is 15.9 Å². The van der Waals surface area contributed by atoms with Gasteiger partial charge in [0.05, 0.1) is 0 Å². The number of benzene rings is 2. The molecule has 0 unspecified atom stereocenters. The van der Waals surface area contributed by atoms with Crippen LogP contribution in [0, 0.1) is 6.92 Å². The molecule has 0 aliphatic rings. The SMILES string of the molecule is Cc1cc(Oc2ccc(C=O)c(Br)c2)ccc1Cl. The van der Waals surface area contributed by atoms with Gasteiger partial charge in [-0.25, -0.2) is 0 Å². The smallest absolute Gasteiger partial charge is 0.151 e. The summed E-state index contributed by atoms with van der Waals surface area (Å²) in [6, 6.07) is 10.7. The lowest BCUT2D eigenvalue weighted by Gasteiger charge is -2.08. The Morgan fingerprint density at radius 1 is 1.17 bits per heavy atom. The summed E-state index contributed by atoms with van der Waals surface area (Å²) in [5.74, 6) is 1.37. The van der Waals surface area contributed by atoms with Crippen LogP contribution in [0.5, 0.6) is 11.5 Å². The summed E-state index contributed by atoms with van der Waals surface area (Å²) in [7, 11) is 0. The number of carbonyl (C=O) groups is 1. The molecule has 0 amide bonds. The molecule has 0 aliphatic carbocycles. The Morgan fingerprint density at radius 2 is 1.83 bits per heavy atom. The Hall–Kier alpha value is -1.32. The third kappa shape index (κ3) is 2.92. The van der Waals surface area contributed by atoms with Crippen LogP contribution in [0.15, 0.2) is 40.9 Å². The van der Waals surface area contributed by atoms with E-state index in [1.807, 2.05) is 13.0 Å². The maximum absolute atomic E-state index is 10.7. The molecule has 0 spiro atoms. The average molecular weight is 326 g/mol. The van der Waals surface area contributed by atoms with E-state index in [1.54, 1.807) is 30.3 Å². The van der Waals surface area contributed by atoms with Crippen molar-refractivity contribution in [2.24, 2.45) is 0 Å². The van der Waals surface area contributed by atoms with Crippen molar-refractivity contribution in [1.29, 1.82) is 0 Å². The highest BCUT2D eigenvalue weighted by Crippen LogP contribution is 2.28. The minimum absolute atomic E-state index is 0.592. The van der Waals surface area contributed by atoms with Crippen molar-refractivity contribution in [1.82, 2.24) is 0 Å². The lowest BCUT2D eigenvalue weighted by atomic mass is 10.2. The summed E-state index contributed by atoms with van der Waals surface area (Å²) in [5, 5.41) is 0.708. The van der Waals surface area contributed by atoms with E-state index in [0.29, 0.717) is 26.6 Å². The molecule has 92 valence electrons. The zero-order valence-electron chi connectivity index (χ0n) is 9.61. The van der Waals surface area contributed by atoms with E-state index in [2.05, 4.69) is 15.9 Å². The van der Waals surface area contributed by atoms with Crippen molar-refractivity contribution in [2.75, 3.05) is 0 Å². The van der Waals surface area contributed by atoms with Gasteiger partial charge in [0.25, 0.3) is 0 Å². The summed E-state index contributed by atoms with van der Waals surface area (Å²) in [4.78, 5) is 10.7. The maximum atomic E-state index is 10.7. The van der Waals surface area contributed by atoms with E-state index in [-0.39, 0.29) is 0 Å². The largest absolute Gasteiger partial charge is 0.457 e. The molecule has 0 atom stereocenters. The minimum Gasteiger partial charge on any atom is -0.457 e. The molecule has 2 aromatic rings. The summed E-state index contributed by atoms with van der Waals surface area (Å²) in [6.07, 6.45) is 0.792. The molecule has 0 N–H and O–H groups in total. The molecule has 0 saturated carbocycles. The van der Waals surface area contributed by atoms with Crippen LogP contribution >= 0.6 is 27.5 Å². The highest BCUT2D eigenvalue weighted by Gasteiger charge is 2.04. The number of rotatable bonds is 3. The van der Waals surface area contributed by atoms with Gasteiger partial charge in [-0.1, -0.05) is 11.6 Å². The van der Waals surface area contributed by atoms with E-state index < -0.39 is 0 Å². The molecule has 2 aromatic carbocycles. The summed E-state index contributed by atoms with van der Waals surface area (Å²) in [6.45, 7) is 1.92. The van der Waals surface area contributed by atoms with Crippen molar-refractivity contribution >= 4 is 33.8 Å². The Bertz CT molecular complexity index is 596. The number of aldehydes is 1. The van der Waals surface area contributed by atoms with Gasteiger partial charge in [0.15, 0.2) is 6.29 Å². The highest BCUT2D eigenvalue weighted by atomic mass is 79.9.